The fourth-order valence-electron chi connectivity index (χ4n) is 3.69. The Labute approximate surface area is 238 Å². The van der Waals surface area contributed by atoms with Gasteiger partial charge in [-0.3, -0.25) is 19.8 Å². The number of carbonyl (C=O) groups is 2. The first-order valence-corrected chi connectivity index (χ1v) is 13.1. The van der Waals surface area contributed by atoms with Gasteiger partial charge in [-0.15, -0.1) is 0 Å². The third-order valence-corrected chi connectivity index (χ3v) is 7.25. The summed E-state index contributed by atoms with van der Waals surface area (Å²) in [4.78, 5) is 27.4. The van der Waals surface area contributed by atoms with Gasteiger partial charge >= 0.3 is 0 Å². The predicted molar refractivity (Wildman–Crippen MR) is 154 cm³/mol. The minimum absolute atomic E-state index is 0.0289. The van der Waals surface area contributed by atoms with E-state index in [0.717, 1.165) is 17.5 Å². The molecule has 1 aliphatic rings. The molecule has 1 N–H and O–H groups in total. The largest absolute Gasteiger partial charge is 0.493 e. The van der Waals surface area contributed by atoms with E-state index in [1.165, 1.54) is 18.1 Å². The Kier molecular flexibility index (Phi) is 8.54. The summed E-state index contributed by atoms with van der Waals surface area (Å²) >= 11 is 20.9. The van der Waals surface area contributed by atoms with Crippen LogP contribution in [0.15, 0.2) is 64.6 Å². The van der Waals surface area contributed by atoms with Gasteiger partial charge in [-0.2, -0.15) is 0 Å². The topological polar surface area (TPSA) is 67.9 Å². The van der Waals surface area contributed by atoms with Gasteiger partial charge in [0.2, 0.25) is 0 Å². The van der Waals surface area contributed by atoms with E-state index in [1.807, 2.05) is 25.1 Å². The number of hydrogen-bond donors (Lipinski definition) is 1. The molecule has 0 unspecified atom stereocenters. The van der Waals surface area contributed by atoms with Crippen molar-refractivity contribution in [2.45, 2.75) is 20.0 Å². The number of methoxy groups -OCH3 is 1. The Bertz CT molecular complexity index is 1430. The number of amides is 2. The summed E-state index contributed by atoms with van der Waals surface area (Å²) < 4.78 is 12.1. The normalized spacial score (nSPS) is 14.7. The molecule has 1 fully saturated rings. The van der Waals surface area contributed by atoms with Crippen LogP contribution < -0.4 is 19.7 Å². The first kappa shape index (κ1) is 27.1. The van der Waals surface area contributed by atoms with Gasteiger partial charge in [0.1, 0.15) is 12.2 Å². The quantitative estimate of drug-likeness (QED) is 0.180. The second kappa shape index (κ2) is 11.6. The molecule has 0 bridgehead atoms. The smallest absolute Gasteiger partial charge is 0.270 e. The SMILES string of the molecule is CCc1ccc(N2C(=O)/C(=C/c3cc(Br)c(OCc4ccc(Cl)c(Cl)c4)c(OC)c3)C(=O)NC2=S)cc1. The van der Waals surface area contributed by atoms with Gasteiger partial charge in [-0.25, -0.2) is 0 Å². The van der Waals surface area contributed by atoms with Crippen LogP contribution in [0.5, 0.6) is 11.5 Å². The van der Waals surface area contributed by atoms with Gasteiger partial charge in [0.25, 0.3) is 11.8 Å². The van der Waals surface area contributed by atoms with Crippen LogP contribution in [0, 0.1) is 0 Å². The molecule has 3 aromatic rings. The Balaban J connectivity index is 1.62. The summed E-state index contributed by atoms with van der Waals surface area (Å²) in [6.07, 6.45) is 2.35. The highest BCUT2D eigenvalue weighted by Crippen LogP contribution is 2.38. The van der Waals surface area contributed by atoms with E-state index in [9.17, 15) is 9.59 Å². The van der Waals surface area contributed by atoms with Crippen LogP contribution in [-0.4, -0.2) is 24.0 Å². The van der Waals surface area contributed by atoms with E-state index in [4.69, 9.17) is 44.9 Å². The maximum Gasteiger partial charge on any atom is 0.270 e. The van der Waals surface area contributed by atoms with E-state index in [2.05, 4.69) is 21.2 Å². The average Bonchev–Trinajstić information content (AvgIpc) is 2.88. The van der Waals surface area contributed by atoms with Crippen molar-refractivity contribution in [2.24, 2.45) is 0 Å². The van der Waals surface area contributed by atoms with Crippen molar-refractivity contribution in [2.75, 3.05) is 12.0 Å². The molecule has 37 heavy (non-hydrogen) atoms. The van der Waals surface area contributed by atoms with Crippen molar-refractivity contribution in [3.05, 3.63) is 91.4 Å². The summed E-state index contributed by atoms with van der Waals surface area (Å²) in [5, 5.41) is 3.52. The molecule has 3 aromatic carbocycles. The lowest BCUT2D eigenvalue weighted by molar-refractivity contribution is -0.122. The van der Waals surface area contributed by atoms with Crippen molar-refractivity contribution >= 4 is 80.0 Å². The number of thiocarbonyl (C=S) groups is 1. The molecule has 1 saturated heterocycles. The van der Waals surface area contributed by atoms with E-state index in [1.54, 1.807) is 36.4 Å². The lowest BCUT2D eigenvalue weighted by Gasteiger charge is -2.29. The molecule has 0 aromatic heterocycles. The molecule has 0 aliphatic carbocycles. The number of benzene rings is 3. The molecule has 0 atom stereocenters. The molecule has 2 amide bonds. The summed E-state index contributed by atoms with van der Waals surface area (Å²) in [7, 11) is 1.50. The Morgan fingerprint density at radius 2 is 1.73 bits per heavy atom. The monoisotopic (exact) mass is 618 g/mol. The number of carbonyl (C=O) groups excluding carboxylic acids is 2. The van der Waals surface area contributed by atoms with E-state index >= 15 is 0 Å². The number of nitrogens with zero attached hydrogens (tertiary/aromatic N) is 1. The Hall–Kier alpha value is -2.91. The van der Waals surface area contributed by atoms with Crippen molar-refractivity contribution in [1.29, 1.82) is 0 Å². The highest BCUT2D eigenvalue weighted by molar-refractivity contribution is 9.10. The van der Waals surface area contributed by atoms with Gasteiger partial charge in [-0.05, 0) is 93.7 Å². The number of rotatable bonds is 7. The van der Waals surface area contributed by atoms with E-state index in [0.29, 0.717) is 37.3 Å². The zero-order chi connectivity index (χ0) is 26.7. The number of ether oxygens (including phenoxy) is 2. The van der Waals surface area contributed by atoms with Crippen LogP contribution >= 0.6 is 51.3 Å². The zero-order valence-corrected chi connectivity index (χ0v) is 23.7. The van der Waals surface area contributed by atoms with Crippen molar-refractivity contribution in [1.82, 2.24) is 5.32 Å². The van der Waals surface area contributed by atoms with E-state index < -0.39 is 11.8 Å². The molecule has 0 radical (unpaired) electrons. The minimum atomic E-state index is -0.577. The molecular weight excluding hydrogens is 599 g/mol. The molecular formula is C27H21BrCl2N2O4S. The Morgan fingerprint density at radius 3 is 2.38 bits per heavy atom. The third-order valence-electron chi connectivity index (χ3n) is 5.63. The number of aryl methyl sites for hydroxylation is 1. The molecule has 10 heteroatoms. The van der Waals surface area contributed by atoms with Gasteiger partial charge < -0.3 is 9.47 Å². The van der Waals surface area contributed by atoms with E-state index in [-0.39, 0.29) is 17.3 Å². The minimum Gasteiger partial charge on any atom is -0.493 e. The van der Waals surface area contributed by atoms with Crippen LogP contribution in [0.4, 0.5) is 5.69 Å². The first-order valence-electron chi connectivity index (χ1n) is 11.2. The number of hydrogen-bond acceptors (Lipinski definition) is 5. The first-order chi connectivity index (χ1) is 17.7. The Morgan fingerprint density at radius 1 is 1.03 bits per heavy atom. The van der Waals surface area contributed by atoms with Crippen LogP contribution in [-0.2, 0) is 22.6 Å². The van der Waals surface area contributed by atoms with Gasteiger partial charge in [0.15, 0.2) is 16.6 Å². The fourth-order valence-corrected chi connectivity index (χ4v) is 4.86. The molecule has 190 valence electrons. The molecule has 0 saturated carbocycles. The maximum atomic E-state index is 13.3. The van der Waals surface area contributed by atoms with Crippen LogP contribution in [0.3, 0.4) is 0 Å². The second-order valence-corrected chi connectivity index (χ2v) is 10.1. The highest BCUT2D eigenvalue weighted by Gasteiger charge is 2.34. The lowest BCUT2D eigenvalue weighted by Crippen LogP contribution is -2.54. The molecule has 4 rings (SSSR count). The third kappa shape index (κ3) is 5.99. The van der Waals surface area contributed by atoms with Crippen LogP contribution in [0.25, 0.3) is 6.08 Å². The highest BCUT2D eigenvalue weighted by atomic mass is 79.9. The summed E-state index contributed by atoms with van der Waals surface area (Å²) in [5.41, 5.74) is 3.01. The maximum absolute atomic E-state index is 13.3. The van der Waals surface area contributed by atoms with Gasteiger partial charge in [0, 0.05) is 0 Å². The van der Waals surface area contributed by atoms with Gasteiger partial charge in [0.05, 0.1) is 27.3 Å². The fraction of sp³-hybridized carbons (Fsp3) is 0.148. The number of anilines is 1. The standard InChI is InChI=1S/C27H21BrCl2N2O4S/c1-3-15-4-7-18(8-5-15)32-26(34)19(25(33)31-27(32)37)10-17-11-20(28)24(23(13-17)35-2)36-14-16-6-9-21(29)22(30)12-16/h4-13H,3,14H2,1-2H3,(H,31,33,37)/b19-10+. The van der Waals surface area contributed by atoms with Crippen molar-refractivity contribution in [3.63, 3.8) is 0 Å². The molecule has 1 heterocycles. The summed E-state index contributed by atoms with van der Waals surface area (Å²) in [5.74, 6) is -0.235. The van der Waals surface area contributed by atoms with Crippen LogP contribution in [0.2, 0.25) is 10.0 Å². The molecule has 1 aliphatic heterocycles. The average molecular weight is 620 g/mol. The van der Waals surface area contributed by atoms with Crippen molar-refractivity contribution < 1.29 is 19.1 Å². The molecule has 0 spiro atoms. The second-order valence-electron chi connectivity index (χ2n) is 8.05. The number of nitrogens with one attached hydrogen (secondary N) is 1. The van der Waals surface area contributed by atoms with Crippen molar-refractivity contribution in [3.8, 4) is 11.5 Å². The van der Waals surface area contributed by atoms with Crippen LogP contribution in [0.1, 0.15) is 23.6 Å². The lowest BCUT2D eigenvalue weighted by atomic mass is 10.1. The predicted octanol–water partition coefficient (Wildman–Crippen LogP) is 6.74. The van der Waals surface area contributed by atoms with Gasteiger partial charge in [-0.1, -0.05) is 48.3 Å². The molecule has 6 nitrogen and oxygen atoms in total. The summed E-state index contributed by atoms with van der Waals surface area (Å²) in [6.45, 7) is 2.26. The zero-order valence-electron chi connectivity index (χ0n) is 19.8. The number of halogens is 3. The summed E-state index contributed by atoms with van der Waals surface area (Å²) in [6, 6.07) is 16.1.